The van der Waals surface area contributed by atoms with E-state index in [2.05, 4.69) is 5.32 Å². The summed E-state index contributed by atoms with van der Waals surface area (Å²) < 4.78 is 0. The van der Waals surface area contributed by atoms with Crippen molar-refractivity contribution in [2.24, 2.45) is 0 Å². The standard InChI is InChI=1S/C12H14ClNO3/c1-8(15)14-11-7-10(13)6-5-9(11)3-2-4-12(16)17/h5-7H,2-4H2,1H3,(H,14,15)(H,16,17). The number of anilines is 1. The van der Waals surface area contributed by atoms with E-state index < -0.39 is 5.97 Å². The molecular formula is C12H14ClNO3. The lowest BCUT2D eigenvalue weighted by atomic mass is 10.1. The van der Waals surface area contributed by atoms with Gasteiger partial charge in [-0.1, -0.05) is 17.7 Å². The first kappa shape index (κ1) is 13.5. The zero-order valence-corrected chi connectivity index (χ0v) is 10.3. The molecule has 0 saturated carbocycles. The van der Waals surface area contributed by atoms with Gasteiger partial charge in [-0.05, 0) is 30.5 Å². The second-order valence-electron chi connectivity index (χ2n) is 3.73. The molecule has 0 aliphatic rings. The van der Waals surface area contributed by atoms with Crippen LogP contribution in [0.1, 0.15) is 25.3 Å². The Hall–Kier alpha value is -1.55. The van der Waals surface area contributed by atoms with Gasteiger partial charge in [0, 0.05) is 24.1 Å². The van der Waals surface area contributed by atoms with Gasteiger partial charge in [-0.3, -0.25) is 9.59 Å². The number of carboxylic acids is 1. The normalized spacial score (nSPS) is 10.0. The predicted molar refractivity (Wildman–Crippen MR) is 66.3 cm³/mol. The maximum absolute atomic E-state index is 11.0. The number of aryl methyl sites for hydroxylation is 1. The molecule has 0 atom stereocenters. The number of carbonyl (C=O) groups excluding carboxylic acids is 1. The summed E-state index contributed by atoms with van der Waals surface area (Å²) in [6, 6.07) is 5.19. The van der Waals surface area contributed by atoms with Crippen LogP contribution in [0.5, 0.6) is 0 Å². The third-order valence-corrected chi connectivity index (χ3v) is 2.45. The molecule has 0 unspecified atom stereocenters. The largest absolute Gasteiger partial charge is 0.481 e. The van der Waals surface area contributed by atoms with Gasteiger partial charge in [-0.15, -0.1) is 0 Å². The van der Waals surface area contributed by atoms with E-state index in [1.54, 1.807) is 18.2 Å². The Morgan fingerprint density at radius 1 is 1.41 bits per heavy atom. The summed E-state index contributed by atoms with van der Waals surface area (Å²) in [5, 5.41) is 11.8. The molecule has 0 bridgehead atoms. The number of hydrogen-bond acceptors (Lipinski definition) is 2. The van der Waals surface area contributed by atoms with Crippen LogP contribution in [0, 0.1) is 0 Å². The van der Waals surface area contributed by atoms with Crippen LogP contribution in [-0.2, 0) is 16.0 Å². The molecule has 2 N–H and O–H groups in total. The lowest BCUT2D eigenvalue weighted by Crippen LogP contribution is -2.08. The van der Waals surface area contributed by atoms with Crippen LogP contribution in [0.25, 0.3) is 0 Å². The summed E-state index contributed by atoms with van der Waals surface area (Å²) in [5.41, 5.74) is 1.54. The van der Waals surface area contributed by atoms with E-state index in [0.29, 0.717) is 23.6 Å². The third kappa shape index (κ3) is 4.87. The summed E-state index contributed by atoms with van der Waals surface area (Å²) in [7, 11) is 0. The van der Waals surface area contributed by atoms with E-state index in [4.69, 9.17) is 16.7 Å². The van der Waals surface area contributed by atoms with Crippen molar-refractivity contribution in [3.05, 3.63) is 28.8 Å². The minimum absolute atomic E-state index is 0.113. The first-order valence-electron chi connectivity index (χ1n) is 5.27. The fourth-order valence-electron chi connectivity index (χ4n) is 1.50. The Balaban J connectivity index is 2.75. The van der Waals surface area contributed by atoms with E-state index in [1.807, 2.05) is 0 Å². The van der Waals surface area contributed by atoms with Crippen molar-refractivity contribution in [3.8, 4) is 0 Å². The number of amides is 1. The molecule has 0 aromatic heterocycles. The molecule has 0 fully saturated rings. The molecule has 1 aromatic rings. The minimum atomic E-state index is -0.819. The highest BCUT2D eigenvalue weighted by Gasteiger charge is 2.06. The van der Waals surface area contributed by atoms with Gasteiger partial charge in [0.2, 0.25) is 5.91 Å². The highest BCUT2D eigenvalue weighted by atomic mass is 35.5. The number of halogens is 1. The van der Waals surface area contributed by atoms with Crippen molar-refractivity contribution in [3.63, 3.8) is 0 Å². The fraction of sp³-hybridized carbons (Fsp3) is 0.333. The molecule has 0 saturated heterocycles. The Morgan fingerprint density at radius 2 is 2.12 bits per heavy atom. The van der Waals surface area contributed by atoms with Crippen molar-refractivity contribution in [1.82, 2.24) is 0 Å². The van der Waals surface area contributed by atoms with E-state index in [-0.39, 0.29) is 12.3 Å². The molecule has 17 heavy (non-hydrogen) atoms. The van der Waals surface area contributed by atoms with Gasteiger partial charge >= 0.3 is 5.97 Å². The highest BCUT2D eigenvalue weighted by Crippen LogP contribution is 2.22. The van der Waals surface area contributed by atoms with E-state index >= 15 is 0 Å². The zero-order chi connectivity index (χ0) is 12.8. The van der Waals surface area contributed by atoms with Gasteiger partial charge in [-0.2, -0.15) is 0 Å². The number of carbonyl (C=O) groups is 2. The van der Waals surface area contributed by atoms with Crippen molar-refractivity contribution in [1.29, 1.82) is 0 Å². The molecule has 0 spiro atoms. The van der Waals surface area contributed by atoms with Crippen LogP contribution in [0.3, 0.4) is 0 Å². The Bertz CT molecular complexity index is 432. The Kier molecular flexibility index (Phi) is 4.97. The maximum Gasteiger partial charge on any atom is 0.303 e. The van der Waals surface area contributed by atoms with Gasteiger partial charge < -0.3 is 10.4 Å². The SMILES string of the molecule is CC(=O)Nc1cc(Cl)ccc1CCCC(=O)O. The first-order chi connectivity index (χ1) is 7.99. The maximum atomic E-state index is 11.0. The lowest BCUT2D eigenvalue weighted by molar-refractivity contribution is -0.137. The average Bonchev–Trinajstić information content (AvgIpc) is 2.20. The number of rotatable bonds is 5. The first-order valence-corrected chi connectivity index (χ1v) is 5.64. The smallest absolute Gasteiger partial charge is 0.303 e. The summed E-state index contributed by atoms with van der Waals surface area (Å²) in [6.07, 6.45) is 1.24. The van der Waals surface area contributed by atoms with Crippen LogP contribution in [-0.4, -0.2) is 17.0 Å². The van der Waals surface area contributed by atoms with Crippen molar-refractivity contribution >= 4 is 29.2 Å². The van der Waals surface area contributed by atoms with Crippen LogP contribution < -0.4 is 5.32 Å². The van der Waals surface area contributed by atoms with Crippen LogP contribution in [0.4, 0.5) is 5.69 Å². The quantitative estimate of drug-likeness (QED) is 0.850. The Labute approximate surface area is 105 Å². The van der Waals surface area contributed by atoms with Crippen LogP contribution in [0.15, 0.2) is 18.2 Å². The number of hydrogen-bond donors (Lipinski definition) is 2. The van der Waals surface area contributed by atoms with Gasteiger partial charge in [0.25, 0.3) is 0 Å². The summed E-state index contributed by atoms with van der Waals surface area (Å²) >= 11 is 5.84. The Morgan fingerprint density at radius 3 is 2.71 bits per heavy atom. The molecule has 92 valence electrons. The molecule has 0 aliphatic heterocycles. The van der Waals surface area contributed by atoms with Crippen molar-refractivity contribution in [2.75, 3.05) is 5.32 Å². The lowest BCUT2D eigenvalue weighted by Gasteiger charge is -2.09. The fourth-order valence-corrected chi connectivity index (χ4v) is 1.67. The molecule has 0 aliphatic carbocycles. The van der Waals surface area contributed by atoms with Gasteiger partial charge in [0.1, 0.15) is 0 Å². The van der Waals surface area contributed by atoms with Gasteiger partial charge in [-0.25, -0.2) is 0 Å². The average molecular weight is 256 g/mol. The second kappa shape index (κ2) is 6.25. The molecule has 0 radical (unpaired) electrons. The molecule has 5 heteroatoms. The second-order valence-corrected chi connectivity index (χ2v) is 4.17. The topological polar surface area (TPSA) is 66.4 Å². The molecule has 4 nitrogen and oxygen atoms in total. The van der Waals surface area contributed by atoms with Gasteiger partial charge in [0.15, 0.2) is 0 Å². The molecule has 1 aromatic carbocycles. The van der Waals surface area contributed by atoms with Crippen LogP contribution >= 0.6 is 11.6 Å². The number of aliphatic carboxylic acids is 1. The summed E-state index contributed by atoms with van der Waals surface area (Å²) in [4.78, 5) is 21.4. The summed E-state index contributed by atoms with van der Waals surface area (Å²) in [6.45, 7) is 1.42. The van der Waals surface area contributed by atoms with Crippen molar-refractivity contribution in [2.45, 2.75) is 26.2 Å². The van der Waals surface area contributed by atoms with E-state index in [0.717, 1.165) is 5.56 Å². The monoisotopic (exact) mass is 255 g/mol. The zero-order valence-electron chi connectivity index (χ0n) is 9.50. The summed E-state index contributed by atoms with van der Waals surface area (Å²) in [5.74, 6) is -0.994. The molecule has 0 heterocycles. The number of benzene rings is 1. The number of carboxylic acid groups (broad SMARTS) is 1. The van der Waals surface area contributed by atoms with Gasteiger partial charge in [0.05, 0.1) is 0 Å². The molecular weight excluding hydrogens is 242 g/mol. The molecule has 1 rings (SSSR count). The van der Waals surface area contributed by atoms with E-state index in [9.17, 15) is 9.59 Å². The predicted octanol–water partition coefficient (Wildman–Crippen LogP) is 2.71. The van der Waals surface area contributed by atoms with Crippen LogP contribution in [0.2, 0.25) is 5.02 Å². The minimum Gasteiger partial charge on any atom is -0.481 e. The molecule has 1 amide bonds. The van der Waals surface area contributed by atoms with Crippen molar-refractivity contribution < 1.29 is 14.7 Å². The van der Waals surface area contributed by atoms with E-state index in [1.165, 1.54) is 6.92 Å². The number of nitrogens with one attached hydrogen (secondary N) is 1. The highest BCUT2D eigenvalue weighted by molar-refractivity contribution is 6.31. The third-order valence-electron chi connectivity index (χ3n) is 2.22.